The summed E-state index contributed by atoms with van der Waals surface area (Å²) < 4.78 is 11.2. The molecule has 1 fully saturated rings. The van der Waals surface area contributed by atoms with E-state index in [4.69, 9.17) is 10.5 Å². The fourth-order valence-electron chi connectivity index (χ4n) is 2.24. The van der Waals surface area contributed by atoms with Gasteiger partial charge in [0, 0.05) is 25.6 Å². The molecule has 0 spiro atoms. The van der Waals surface area contributed by atoms with Crippen molar-refractivity contribution in [3.8, 4) is 5.75 Å². The minimum atomic E-state index is -0.512. The van der Waals surface area contributed by atoms with Crippen LogP contribution in [0.15, 0.2) is 16.6 Å². The first-order chi connectivity index (χ1) is 9.92. The minimum absolute atomic E-state index is 0.0349. The van der Waals surface area contributed by atoms with Gasteiger partial charge in [-0.05, 0) is 28.1 Å². The van der Waals surface area contributed by atoms with Crippen molar-refractivity contribution in [2.24, 2.45) is 0 Å². The molecule has 2 rings (SSSR count). The summed E-state index contributed by atoms with van der Waals surface area (Å²) in [6.45, 7) is 2.76. The maximum Gasteiger partial charge on any atom is 0.340 e. The van der Waals surface area contributed by atoms with Crippen LogP contribution in [0.1, 0.15) is 23.7 Å². The predicted molar refractivity (Wildman–Crippen MR) is 81.2 cm³/mol. The van der Waals surface area contributed by atoms with E-state index >= 15 is 0 Å². The number of carbonyl (C=O) groups excluding carboxylic acids is 2. The quantitative estimate of drug-likeness (QED) is 0.659. The van der Waals surface area contributed by atoms with Crippen LogP contribution in [0.3, 0.4) is 0 Å². The molecule has 1 amide bonds. The summed E-state index contributed by atoms with van der Waals surface area (Å²) in [6, 6.07) is 3.17. The van der Waals surface area contributed by atoms with Gasteiger partial charge in [-0.25, -0.2) is 4.79 Å². The van der Waals surface area contributed by atoms with E-state index in [1.807, 2.05) is 0 Å². The van der Waals surface area contributed by atoms with Crippen molar-refractivity contribution in [1.29, 1.82) is 0 Å². The zero-order valence-electron chi connectivity index (χ0n) is 11.9. The second kappa shape index (κ2) is 6.34. The molecule has 21 heavy (non-hydrogen) atoms. The van der Waals surface area contributed by atoms with Gasteiger partial charge >= 0.3 is 5.97 Å². The number of nitrogen functional groups attached to an aromatic ring is 1. The molecule has 1 heterocycles. The first-order valence-corrected chi connectivity index (χ1v) is 7.31. The number of likely N-dealkylation sites (tertiary alicyclic amines) is 1. The highest BCUT2D eigenvalue weighted by atomic mass is 79.9. The van der Waals surface area contributed by atoms with Gasteiger partial charge in [-0.15, -0.1) is 0 Å². The number of anilines is 1. The number of carbonyl (C=O) groups is 2. The molecule has 114 valence electrons. The zero-order valence-corrected chi connectivity index (χ0v) is 13.5. The smallest absolute Gasteiger partial charge is 0.340 e. The van der Waals surface area contributed by atoms with Gasteiger partial charge in [0.15, 0.2) is 0 Å². The summed E-state index contributed by atoms with van der Waals surface area (Å²) in [5.74, 6) is 0.0364. The Morgan fingerprint density at radius 3 is 2.71 bits per heavy atom. The second-order valence-electron chi connectivity index (χ2n) is 4.86. The minimum Gasteiger partial charge on any atom is -0.487 e. The highest BCUT2D eigenvalue weighted by Crippen LogP contribution is 2.32. The number of halogens is 1. The summed E-state index contributed by atoms with van der Waals surface area (Å²) in [6.07, 6.45) is 0.656. The summed E-state index contributed by atoms with van der Waals surface area (Å²) in [4.78, 5) is 24.7. The average molecular weight is 357 g/mol. The van der Waals surface area contributed by atoms with E-state index in [9.17, 15) is 9.59 Å². The first-order valence-electron chi connectivity index (χ1n) is 6.52. The Morgan fingerprint density at radius 1 is 1.43 bits per heavy atom. The Morgan fingerprint density at radius 2 is 2.14 bits per heavy atom. The van der Waals surface area contributed by atoms with Crippen molar-refractivity contribution in [2.45, 2.75) is 19.4 Å². The predicted octanol–water partition coefficient (Wildman–Crippen LogP) is 1.82. The summed E-state index contributed by atoms with van der Waals surface area (Å²) in [7, 11) is 1.30. The number of methoxy groups -OCH3 is 1. The summed E-state index contributed by atoms with van der Waals surface area (Å²) in [5, 5.41) is 0. The van der Waals surface area contributed by atoms with Crippen LogP contribution in [-0.4, -0.2) is 43.1 Å². The van der Waals surface area contributed by atoms with Crippen molar-refractivity contribution in [2.75, 3.05) is 25.9 Å². The molecule has 0 radical (unpaired) electrons. The van der Waals surface area contributed by atoms with Crippen LogP contribution < -0.4 is 10.5 Å². The Bertz CT molecular complexity index is 576. The molecule has 1 aliphatic rings. The fraction of sp³-hybridized carbons (Fsp3) is 0.429. The number of amides is 1. The van der Waals surface area contributed by atoms with Crippen LogP contribution >= 0.6 is 15.9 Å². The van der Waals surface area contributed by atoms with Crippen LogP contribution in [0, 0.1) is 0 Å². The van der Waals surface area contributed by atoms with Gasteiger partial charge in [-0.2, -0.15) is 0 Å². The standard InChI is InChI=1S/C14H17BrN2O4/c1-8(18)17-4-3-9(7-17)21-13-5-10(14(19)20-2)12(16)6-11(13)15/h5-6,9H,3-4,7,16H2,1-2H3/t9-/m0/s1. The number of ether oxygens (including phenoxy) is 2. The number of nitrogens with two attached hydrogens (primary N) is 1. The van der Waals surface area contributed by atoms with Crippen LogP contribution in [0.5, 0.6) is 5.75 Å². The van der Waals surface area contributed by atoms with E-state index in [-0.39, 0.29) is 17.6 Å². The molecular weight excluding hydrogens is 340 g/mol. The van der Waals surface area contributed by atoms with Gasteiger partial charge in [0.05, 0.1) is 23.7 Å². The van der Waals surface area contributed by atoms with E-state index in [1.165, 1.54) is 14.0 Å². The molecule has 0 aliphatic carbocycles. The molecule has 0 bridgehead atoms. The molecular formula is C14H17BrN2O4. The molecule has 1 aliphatic heterocycles. The Labute approximate surface area is 131 Å². The largest absolute Gasteiger partial charge is 0.487 e. The summed E-state index contributed by atoms with van der Waals surface area (Å²) >= 11 is 3.37. The topological polar surface area (TPSA) is 81.9 Å². The van der Waals surface area contributed by atoms with E-state index in [1.54, 1.807) is 17.0 Å². The molecule has 7 heteroatoms. The van der Waals surface area contributed by atoms with Gasteiger partial charge in [0.25, 0.3) is 0 Å². The first kappa shape index (κ1) is 15.6. The molecule has 1 aromatic carbocycles. The number of rotatable bonds is 3. The molecule has 1 saturated heterocycles. The Kier molecular flexibility index (Phi) is 4.72. The third-order valence-electron chi connectivity index (χ3n) is 3.39. The lowest BCUT2D eigenvalue weighted by atomic mass is 10.1. The molecule has 0 aromatic heterocycles. The zero-order chi connectivity index (χ0) is 15.6. The van der Waals surface area contributed by atoms with Crippen molar-refractivity contribution in [3.05, 3.63) is 22.2 Å². The second-order valence-corrected chi connectivity index (χ2v) is 5.71. The third-order valence-corrected chi connectivity index (χ3v) is 4.01. The van der Waals surface area contributed by atoms with Crippen LogP contribution in [0.25, 0.3) is 0 Å². The molecule has 1 aromatic rings. The third kappa shape index (κ3) is 3.47. The van der Waals surface area contributed by atoms with Crippen molar-refractivity contribution >= 4 is 33.5 Å². The van der Waals surface area contributed by atoms with Gasteiger partial charge in [0.2, 0.25) is 5.91 Å². The Hall–Kier alpha value is -1.76. The molecule has 0 saturated carbocycles. The SMILES string of the molecule is COC(=O)c1cc(O[C@H]2CCN(C(C)=O)C2)c(Br)cc1N. The normalized spacial score (nSPS) is 17.7. The number of benzene rings is 1. The fourth-order valence-corrected chi connectivity index (χ4v) is 2.69. The highest BCUT2D eigenvalue weighted by molar-refractivity contribution is 9.10. The van der Waals surface area contributed by atoms with E-state index in [0.29, 0.717) is 29.0 Å². The van der Waals surface area contributed by atoms with Gasteiger partial charge in [0.1, 0.15) is 11.9 Å². The average Bonchev–Trinajstić information content (AvgIpc) is 2.89. The van der Waals surface area contributed by atoms with Crippen molar-refractivity contribution < 1.29 is 19.1 Å². The number of hydrogen-bond acceptors (Lipinski definition) is 5. The van der Waals surface area contributed by atoms with Crippen LogP contribution in [-0.2, 0) is 9.53 Å². The monoisotopic (exact) mass is 356 g/mol. The van der Waals surface area contributed by atoms with Gasteiger partial charge < -0.3 is 20.1 Å². The maximum absolute atomic E-state index is 11.7. The van der Waals surface area contributed by atoms with Crippen molar-refractivity contribution in [1.82, 2.24) is 4.90 Å². The summed E-state index contributed by atoms with van der Waals surface area (Å²) in [5.41, 5.74) is 6.38. The lowest BCUT2D eigenvalue weighted by Crippen LogP contribution is -2.28. The molecule has 0 unspecified atom stereocenters. The highest BCUT2D eigenvalue weighted by Gasteiger charge is 2.26. The van der Waals surface area contributed by atoms with Crippen LogP contribution in [0.2, 0.25) is 0 Å². The molecule has 2 N–H and O–H groups in total. The Balaban J connectivity index is 2.17. The number of hydrogen-bond donors (Lipinski definition) is 1. The van der Waals surface area contributed by atoms with Gasteiger partial charge in [-0.3, -0.25) is 4.79 Å². The van der Waals surface area contributed by atoms with E-state index in [2.05, 4.69) is 20.7 Å². The van der Waals surface area contributed by atoms with Crippen molar-refractivity contribution in [3.63, 3.8) is 0 Å². The van der Waals surface area contributed by atoms with Crippen LogP contribution in [0.4, 0.5) is 5.69 Å². The van der Waals surface area contributed by atoms with Gasteiger partial charge in [-0.1, -0.05) is 0 Å². The van der Waals surface area contributed by atoms with E-state index < -0.39 is 5.97 Å². The number of esters is 1. The number of nitrogens with zero attached hydrogens (tertiary/aromatic N) is 1. The maximum atomic E-state index is 11.7. The molecule has 1 atom stereocenters. The lowest BCUT2D eigenvalue weighted by molar-refractivity contribution is -0.128. The lowest BCUT2D eigenvalue weighted by Gasteiger charge is -2.17. The molecule has 6 nitrogen and oxygen atoms in total. The van der Waals surface area contributed by atoms with E-state index in [0.717, 1.165) is 6.42 Å².